The molecule has 1 aliphatic rings. The van der Waals surface area contributed by atoms with Gasteiger partial charge in [0.05, 0.1) is 0 Å². The Morgan fingerprint density at radius 2 is 1.82 bits per heavy atom. The van der Waals surface area contributed by atoms with E-state index in [0.717, 1.165) is 19.0 Å². The fraction of sp³-hybridized carbons (Fsp3) is 1.00. The van der Waals surface area contributed by atoms with Crippen molar-refractivity contribution in [3.8, 4) is 0 Å². The highest BCUT2D eigenvalue weighted by atomic mass is 15.1. The van der Waals surface area contributed by atoms with Crippen molar-refractivity contribution in [1.29, 1.82) is 0 Å². The first-order valence-electron chi connectivity index (χ1n) is 6.85. The van der Waals surface area contributed by atoms with Crippen molar-refractivity contribution in [3.63, 3.8) is 0 Å². The van der Waals surface area contributed by atoms with E-state index < -0.39 is 0 Å². The van der Waals surface area contributed by atoms with E-state index in [1.54, 1.807) is 0 Å². The Hall–Kier alpha value is -0.120. The zero-order valence-corrected chi connectivity index (χ0v) is 12.6. The summed E-state index contributed by atoms with van der Waals surface area (Å²) in [6.07, 6.45) is 1.34. The van der Waals surface area contributed by atoms with Crippen LogP contribution >= 0.6 is 0 Å². The van der Waals surface area contributed by atoms with Gasteiger partial charge in [-0.3, -0.25) is 0 Å². The molecule has 1 heterocycles. The molecule has 1 rings (SSSR count). The zero-order chi connectivity index (χ0) is 13.1. The van der Waals surface area contributed by atoms with Gasteiger partial charge in [0.15, 0.2) is 0 Å². The van der Waals surface area contributed by atoms with Gasteiger partial charge in [-0.2, -0.15) is 0 Å². The van der Waals surface area contributed by atoms with Crippen LogP contribution in [0.5, 0.6) is 0 Å². The topological polar surface area (TPSA) is 27.3 Å². The highest BCUT2D eigenvalue weighted by Gasteiger charge is 2.34. The van der Waals surface area contributed by atoms with Crippen LogP contribution in [0.4, 0.5) is 0 Å². The number of likely N-dealkylation sites (tertiary alicyclic amines) is 1. The molecule has 1 fully saturated rings. The van der Waals surface area contributed by atoms with E-state index in [9.17, 15) is 0 Å². The smallest absolute Gasteiger partial charge is 0.0249 e. The molecule has 1 unspecified atom stereocenters. The molecular weight excluding hydrogens is 210 g/mol. The summed E-state index contributed by atoms with van der Waals surface area (Å²) in [6, 6.07) is 0. The van der Waals surface area contributed by atoms with Gasteiger partial charge in [0.2, 0.25) is 0 Å². The predicted molar refractivity (Wildman–Crippen MR) is 75.4 cm³/mol. The third-order valence-corrected chi connectivity index (χ3v) is 4.14. The first-order chi connectivity index (χ1) is 7.77. The number of likely N-dealkylation sites (N-methyl/N-ethyl adjacent to an activating group) is 1. The maximum atomic E-state index is 3.71. The SMILES string of the molecule is CNCC(C)(C)NCC(C)(C)C1CCN(C)C1. The van der Waals surface area contributed by atoms with Crippen molar-refractivity contribution in [2.45, 2.75) is 39.7 Å². The van der Waals surface area contributed by atoms with Crippen molar-refractivity contribution in [3.05, 3.63) is 0 Å². The van der Waals surface area contributed by atoms with Crippen LogP contribution in [0.2, 0.25) is 0 Å². The first-order valence-corrected chi connectivity index (χ1v) is 6.85. The molecule has 1 atom stereocenters. The molecule has 3 nitrogen and oxygen atoms in total. The van der Waals surface area contributed by atoms with Gasteiger partial charge in [-0.25, -0.2) is 0 Å². The molecule has 0 aromatic carbocycles. The van der Waals surface area contributed by atoms with Crippen LogP contribution in [0.15, 0.2) is 0 Å². The Balaban J connectivity index is 2.44. The van der Waals surface area contributed by atoms with Crippen LogP contribution < -0.4 is 10.6 Å². The second kappa shape index (κ2) is 5.68. The number of hydrogen-bond donors (Lipinski definition) is 2. The second-order valence-corrected chi connectivity index (χ2v) is 7.00. The molecule has 3 heteroatoms. The molecule has 17 heavy (non-hydrogen) atoms. The van der Waals surface area contributed by atoms with Crippen LogP contribution in [0.25, 0.3) is 0 Å². The molecule has 0 radical (unpaired) electrons. The summed E-state index contributed by atoms with van der Waals surface area (Å²) >= 11 is 0. The van der Waals surface area contributed by atoms with E-state index in [-0.39, 0.29) is 5.54 Å². The Kier molecular flexibility index (Phi) is 4.99. The maximum Gasteiger partial charge on any atom is 0.0249 e. The largest absolute Gasteiger partial charge is 0.318 e. The molecule has 0 aromatic rings. The number of rotatable bonds is 6. The summed E-state index contributed by atoms with van der Waals surface area (Å²) in [5, 5.41) is 6.96. The number of hydrogen-bond acceptors (Lipinski definition) is 3. The maximum absolute atomic E-state index is 3.71. The lowest BCUT2D eigenvalue weighted by atomic mass is 9.77. The Morgan fingerprint density at radius 1 is 1.18 bits per heavy atom. The minimum absolute atomic E-state index is 0.177. The van der Waals surface area contributed by atoms with Crippen molar-refractivity contribution in [2.75, 3.05) is 40.3 Å². The Labute approximate surface area is 107 Å². The zero-order valence-electron chi connectivity index (χ0n) is 12.6. The summed E-state index contributed by atoms with van der Waals surface area (Å²) < 4.78 is 0. The summed E-state index contributed by atoms with van der Waals surface area (Å²) in [6.45, 7) is 13.9. The molecule has 1 aliphatic heterocycles. The molecule has 2 N–H and O–H groups in total. The molecule has 0 spiro atoms. The summed E-state index contributed by atoms with van der Waals surface area (Å²) in [5.74, 6) is 0.824. The van der Waals surface area contributed by atoms with Crippen molar-refractivity contribution >= 4 is 0 Å². The van der Waals surface area contributed by atoms with Gasteiger partial charge >= 0.3 is 0 Å². The molecule has 1 saturated heterocycles. The fourth-order valence-corrected chi connectivity index (χ4v) is 2.69. The summed E-state index contributed by atoms with van der Waals surface area (Å²) in [4.78, 5) is 2.45. The molecule has 102 valence electrons. The van der Waals surface area contributed by atoms with E-state index in [0.29, 0.717) is 5.41 Å². The van der Waals surface area contributed by atoms with Gasteiger partial charge in [-0.15, -0.1) is 0 Å². The predicted octanol–water partition coefficient (Wildman–Crippen LogP) is 1.55. The van der Waals surface area contributed by atoms with E-state index in [1.165, 1.54) is 19.5 Å². The summed E-state index contributed by atoms with van der Waals surface area (Å²) in [7, 11) is 4.24. The van der Waals surface area contributed by atoms with Crippen molar-refractivity contribution < 1.29 is 0 Å². The van der Waals surface area contributed by atoms with Crippen LogP contribution in [0, 0.1) is 11.3 Å². The normalized spacial score (nSPS) is 23.3. The van der Waals surface area contributed by atoms with E-state index in [2.05, 4.69) is 50.3 Å². The first kappa shape index (κ1) is 14.9. The van der Waals surface area contributed by atoms with E-state index in [1.807, 2.05) is 7.05 Å². The van der Waals surface area contributed by atoms with E-state index in [4.69, 9.17) is 0 Å². The Bertz CT molecular complexity index is 236. The van der Waals surface area contributed by atoms with Crippen LogP contribution in [0.1, 0.15) is 34.1 Å². The Morgan fingerprint density at radius 3 is 2.29 bits per heavy atom. The lowest BCUT2D eigenvalue weighted by Gasteiger charge is -2.36. The highest BCUT2D eigenvalue weighted by molar-refractivity contribution is 4.90. The number of nitrogens with zero attached hydrogens (tertiary/aromatic N) is 1. The van der Waals surface area contributed by atoms with Gasteiger partial charge in [0.25, 0.3) is 0 Å². The minimum Gasteiger partial charge on any atom is -0.318 e. The van der Waals surface area contributed by atoms with Gasteiger partial charge in [0, 0.05) is 25.2 Å². The number of nitrogens with one attached hydrogen (secondary N) is 2. The lowest BCUT2D eigenvalue weighted by Crippen LogP contribution is -2.51. The van der Waals surface area contributed by atoms with Gasteiger partial charge in [0.1, 0.15) is 0 Å². The molecule has 0 aliphatic carbocycles. The van der Waals surface area contributed by atoms with Crippen LogP contribution in [0.3, 0.4) is 0 Å². The fourth-order valence-electron chi connectivity index (χ4n) is 2.69. The molecule has 0 aromatic heterocycles. The van der Waals surface area contributed by atoms with Crippen molar-refractivity contribution in [2.24, 2.45) is 11.3 Å². The van der Waals surface area contributed by atoms with Gasteiger partial charge in [-0.1, -0.05) is 13.8 Å². The quantitative estimate of drug-likeness (QED) is 0.739. The van der Waals surface area contributed by atoms with Gasteiger partial charge < -0.3 is 15.5 Å². The molecule has 0 bridgehead atoms. The molecular formula is C14H31N3. The lowest BCUT2D eigenvalue weighted by molar-refractivity contribution is 0.185. The highest BCUT2D eigenvalue weighted by Crippen LogP contribution is 2.33. The average molecular weight is 241 g/mol. The third-order valence-electron chi connectivity index (χ3n) is 4.14. The summed E-state index contributed by atoms with van der Waals surface area (Å²) in [5.41, 5.74) is 0.562. The van der Waals surface area contributed by atoms with Crippen LogP contribution in [-0.4, -0.2) is 50.7 Å². The standard InChI is InChI=1S/C14H31N3/c1-13(2,12-7-8-17(6)9-12)10-16-14(3,4)11-15-5/h12,15-16H,7-11H2,1-6H3. The van der Waals surface area contributed by atoms with Gasteiger partial charge in [-0.05, 0) is 52.2 Å². The third kappa shape index (κ3) is 4.57. The van der Waals surface area contributed by atoms with E-state index >= 15 is 0 Å². The van der Waals surface area contributed by atoms with Crippen LogP contribution in [-0.2, 0) is 0 Å². The second-order valence-electron chi connectivity index (χ2n) is 7.00. The average Bonchev–Trinajstić information content (AvgIpc) is 2.63. The molecule has 0 saturated carbocycles. The molecule has 0 amide bonds. The monoisotopic (exact) mass is 241 g/mol. The minimum atomic E-state index is 0.177. The van der Waals surface area contributed by atoms with Crippen molar-refractivity contribution in [1.82, 2.24) is 15.5 Å².